The van der Waals surface area contributed by atoms with Crippen molar-refractivity contribution < 1.29 is 13.2 Å². The number of hydrogen-bond donors (Lipinski definition) is 1. The Labute approximate surface area is 145 Å². The number of fused-ring (bicyclic) bond motifs is 2. The van der Waals surface area contributed by atoms with Gasteiger partial charge in [0.25, 0.3) is 5.91 Å². The lowest BCUT2D eigenvalue weighted by Gasteiger charge is -2.33. The molecule has 24 heavy (non-hydrogen) atoms. The number of nitrogens with one attached hydrogen (secondary N) is 1. The zero-order chi connectivity index (χ0) is 16.7. The van der Waals surface area contributed by atoms with Crippen molar-refractivity contribution in [1.29, 1.82) is 0 Å². The van der Waals surface area contributed by atoms with Crippen LogP contribution in [0.25, 0.3) is 0 Å². The largest absolute Gasteiger partial charge is 0.334 e. The molecule has 1 aromatic heterocycles. The molecule has 2 fully saturated rings. The van der Waals surface area contributed by atoms with E-state index in [1.165, 1.54) is 11.3 Å². The van der Waals surface area contributed by atoms with Gasteiger partial charge in [0, 0.05) is 24.2 Å². The fourth-order valence-electron chi connectivity index (χ4n) is 3.81. The summed E-state index contributed by atoms with van der Waals surface area (Å²) in [6, 6.07) is 12.2. The fraction of sp³-hybridized carbons (Fsp3) is 0.353. The Hall–Kier alpha value is -1.70. The van der Waals surface area contributed by atoms with Crippen molar-refractivity contribution in [1.82, 2.24) is 9.62 Å². The average Bonchev–Trinajstić information content (AvgIpc) is 3.31. The van der Waals surface area contributed by atoms with Crippen LogP contribution in [0.3, 0.4) is 0 Å². The first-order valence-corrected chi connectivity index (χ1v) is 10.3. The van der Waals surface area contributed by atoms with E-state index in [0.29, 0.717) is 15.7 Å². The molecule has 2 aromatic rings. The molecule has 3 atom stereocenters. The highest BCUT2D eigenvalue weighted by Gasteiger charge is 2.48. The molecule has 0 spiro atoms. The van der Waals surface area contributed by atoms with E-state index in [0.717, 1.165) is 19.4 Å². The molecule has 1 saturated carbocycles. The molecule has 2 heterocycles. The van der Waals surface area contributed by atoms with E-state index in [9.17, 15) is 13.2 Å². The highest BCUT2D eigenvalue weighted by Crippen LogP contribution is 2.39. The van der Waals surface area contributed by atoms with Crippen molar-refractivity contribution >= 4 is 27.3 Å². The Kier molecular flexibility index (Phi) is 3.94. The van der Waals surface area contributed by atoms with Crippen molar-refractivity contribution in [2.24, 2.45) is 5.92 Å². The summed E-state index contributed by atoms with van der Waals surface area (Å²) in [6.07, 6.45) is 1.67. The van der Waals surface area contributed by atoms with E-state index < -0.39 is 10.0 Å². The molecule has 1 amide bonds. The van der Waals surface area contributed by atoms with E-state index in [1.807, 2.05) is 23.1 Å². The lowest BCUT2D eigenvalue weighted by molar-refractivity contribution is 0.0678. The van der Waals surface area contributed by atoms with Crippen LogP contribution in [0.2, 0.25) is 0 Å². The Morgan fingerprint density at radius 1 is 1.12 bits per heavy atom. The third kappa shape index (κ3) is 2.76. The van der Waals surface area contributed by atoms with Crippen molar-refractivity contribution in [3.63, 3.8) is 0 Å². The van der Waals surface area contributed by atoms with Crippen molar-refractivity contribution in [2.75, 3.05) is 6.54 Å². The number of thiophene rings is 1. The van der Waals surface area contributed by atoms with Crippen LogP contribution in [-0.2, 0) is 10.0 Å². The van der Waals surface area contributed by atoms with Gasteiger partial charge in [-0.05, 0) is 42.3 Å². The summed E-state index contributed by atoms with van der Waals surface area (Å²) in [4.78, 5) is 14.6. The number of carbonyl (C=O) groups is 1. The molecular formula is C17H18N2O3S2. The summed E-state index contributed by atoms with van der Waals surface area (Å²) < 4.78 is 28.1. The van der Waals surface area contributed by atoms with Crippen LogP contribution in [0.1, 0.15) is 23.2 Å². The molecular weight excluding hydrogens is 344 g/mol. The average molecular weight is 362 g/mol. The lowest BCUT2D eigenvalue weighted by atomic mass is 10.1. The van der Waals surface area contributed by atoms with Crippen LogP contribution in [0.4, 0.5) is 0 Å². The lowest BCUT2D eigenvalue weighted by Crippen LogP contribution is -2.51. The fourth-order valence-corrected chi connectivity index (χ4v) is 6.10. The predicted octanol–water partition coefficient (Wildman–Crippen LogP) is 2.33. The first kappa shape index (κ1) is 15.8. The third-order valence-corrected chi connectivity index (χ3v) is 7.72. The second-order valence-electron chi connectivity index (χ2n) is 6.39. The van der Waals surface area contributed by atoms with Gasteiger partial charge in [0.05, 0.1) is 0 Å². The molecule has 7 heteroatoms. The van der Waals surface area contributed by atoms with Gasteiger partial charge in [0.15, 0.2) is 0 Å². The topological polar surface area (TPSA) is 66.5 Å². The van der Waals surface area contributed by atoms with E-state index in [4.69, 9.17) is 0 Å². The Balaban J connectivity index is 1.53. The summed E-state index contributed by atoms with van der Waals surface area (Å²) in [5, 5.41) is 1.75. The minimum absolute atomic E-state index is 0.0110. The summed E-state index contributed by atoms with van der Waals surface area (Å²) in [5.41, 5.74) is 0.657. The number of piperidine rings is 1. The Morgan fingerprint density at radius 2 is 1.92 bits per heavy atom. The zero-order valence-electron chi connectivity index (χ0n) is 13.0. The maximum atomic E-state index is 12.7. The maximum Gasteiger partial charge on any atom is 0.254 e. The van der Waals surface area contributed by atoms with Gasteiger partial charge in [-0.15, -0.1) is 11.3 Å². The molecule has 1 aromatic carbocycles. The van der Waals surface area contributed by atoms with Crippen molar-refractivity contribution in [3.8, 4) is 0 Å². The predicted molar refractivity (Wildman–Crippen MR) is 92.4 cm³/mol. The first-order valence-electron chi connectivity index (χ1n) is 7.96. The number of sulfonamides is 1. The SMILES string of the molecule is O=C(c1ccccc1)N1CC2CC(NS(=O)(=O)c3cccs3)C1C2. The number of likely N-dealkylation sites (tertiary alicyclic amines) is 1. The number of amides is 1. The van der Waals surface area contributed by atoms with Crippen molar-refractivity contribution in [2.45, 2.75) is 29.1 Å². The Bertz CT molecular complexity index is 834. The maximum absolute atomic E-state index is 12.7. The number of nitrogens with zero attached hydrogens (tertiary/aromatic N) is 1. The Morgan fingerprint density at radius 3 is 2.58 bits per heavy atom. The number of benzene rings is 1. The summed E-state index contributed by atoms with van der Waals surface area (Å²) in [7, 11) is -3.51. The standard InChI is InChI=1S/C17H18N2O3S2/c20-17(13-5-2-1-3-6-13)19-11-12-9-14(15(19)10-12)18-24(21,22)16-7-4-8-23-16/h1-8,12,14-15,18H,9-11H2. The second kappa shape index (κ2) is 5.98. The molecule has 3 unspecified atom stereocenters. The van der Waals surface area contributed by atoms with Gasteiger partial charge >= 0.3 is 0 Å². The molecule has 2 aliphatic rings. The third-order valence-electron chi connectivity index (χ3n) is 4.83. The molecule has 4 rings (SSSR count). The van der Waals surface area contributed by atoms with E-state index in [1.54, 1.807) is 29.6 Å². The summed E-state index contributed by atoms with van der Waals surface area (Å²) in [6.45, 7) is 0.718. The smallest absolute Gasteiger partial charge is 0.254 e. The minimum Gasteiger partial charge on any atom is -0.334 e. The summed E-state index contributed by atoms with van der Waals surface area (Å²) in [5.74, 6) is 0.363. The first-order chi connectivity index (χ1) is 11.5. The van der Waals surface area contributed by atoms with Crippen molar-refractivity contribution in [3.05, 3.63) is 53.4 Å². The minimum atomic E-state index is -3.51. The highest BCUT2D eigenvalue weighted by molar-refractivity contribution is 7.91. The van der Waals surface area contributed by atoms with Gasteiger partial charge in [-0.3, -0.25) is 4.79 Å². The summed E-state index contributed by atoms with van der Waals surface area (Å²) >= 11 is 1.21. The number of hydrogen-bond acceptors (Lipinski definition) is 4. The number of rotatable bonds is 4. The van der Waals surface area contributed by atoms with Gasteiger partial charge in [0.2, 0.25) is 10.0 Å². The molecule has 5 nitrogen and oxygen atoms in total. The van der Waals surface area contributed by atoms with Gasteiger partial charge < -0.3 is 4.90 Å². The zero-order valence-corrected chi connectivity index (χ0v) is 14.6. The monoisotopic (exact) mass is 362 g/mol. The molecule has 1 aliphatic heterocycles. The van der Waals surface area contributed by atoms with Gasteiger partial charge in [-0.2, -0.15) is 0 Å². The van der Waals surface area contributed by atoms with Gasteiger partial charge in [-0.25, -0.2) is 13.1 Å². The van der Waals surface area contributed by atoms with Crippen LogP contribution in [0, 0.1) is 5.92 Å². The van der Waals surface area contributed by atoms with Crippen LogP contribution in [0.5, 0.6) is 0 Å². The van der Waals surface area contributed by atoms with E-state index >= 15 is 0 Å². The van der Waals surface area contributed by atoms with Crippen LogP contribution >= 0.6 is 11.3 Å². The van der Waals surface area contributed by atoms with Crippen LogP contribution in [-0.4, -0.2) is 37.9 Å². The molecule has 1 N–H and O–H groups in total. The second-order valence-corrected chi connectivity index (χ2v) is 9.28. The quantitative estimate of drug-likeness (QED) is 0.908. The van der Waals surface area contributed by atoms with E-state index in [-0.39, 0.29) is 18.0 Å². The molecule has 2 bridgehead atoms. The van der Waals surface area contributed by atoms with Gasteiger partial charge in [-0.1, -0.05) is 24.3 Å². The normalized spacial score (nSPS) is 26.0. The molecule has 126 valence electrons. The molecule has 1 saturated heterocycles. The van der Waals surface area contributed by atoms with Crippen LogP contribution < -0.4 is 4.72 Å². The molecule has 1 aliphatic carbocycles. The van der Waals surface area contributed by atoms with Crippen LogP contribution in [0.15, 0.2) is 52.1 Å². The van der Waals surface area contributed by atoms with E-state index in [2.05, 4.69) is 4.72 Å². The highest BCUT2D eigenvalue weighted by atomic mass is 32.2. The number of carbonyl (C=O) groups excluding carboxylic acids is 1. The van der Waals surface area contributed by atoms with Gasteiger partial charge in [0.1, 0.15) is 4.21 Å². The molecule has 0 radical (unpaired) electrons.